The summed E-state index contributed by atoms with van der Waals surface area (Å²) in [5.74, 6) is 0.256. The molecule has 1 rings (SSSR count). The van der Waals surface area contributed by atoms with Gasteiger partial charge in [-0.25, -0.2) is 9.97 Å². The van der Waals surface area contributed by atoms with Gasteiger partial charge in [0.25, 0.3) is 0 Å². The fraction of sp³-hybridized carbons (Fsp3) is 0. The summed E-state index contributed by atoms with van der Waals surface area (Å²) in [5.41, 5.74) is 0. The molecule has 0 aliphatic rings. The van der Waals surface area contributed by atoms with Crippen LogP contribution in [0.15, 0.2) is 12.4 Å². The van der Waals surface area contributed by atoms with Crippen molar-refractivity contribution in [2.75, 3.05) is 5.32 Å². The van der Waals surface area contributed by atoms with Crippen molar-refractivity contribution in [1.29, 1.82) is 5.26 Å². The second-order valence-electron chi connectivity index (χ2n) is 1.46. The molecule has 0 saturated carbocycles. The molecule has 0 aromatic carbocycles. The second kappa shape index (κ2) is 2.99. The third-order valence-electron chi connectivity index (χ3n) is 0.788. The number of aromatic nitrogens is 2. The molecule has 5 heteroatoms. The quantitative estimate of drug-likeness (QED) is 0.485. The van der Waals surface area contributed by atoms with Crippen LogP contribution in [0.4, 0.5) is 5.95 Å². The van der Waals surface area contributed by atoms with Crippen molar-refractivity contribution in [3.63, 3.8) is 0 Å². The minimum absolute atomic E-state index is 0.256. The molecule has 1 N–H and O–H groups in total. The number of nitriles is 1. The molecule has 0 fully saturated rings. The van der Waals surface area contributed by atoms with E-state index in [1.54, 1.807) is 6.19 Å². The number of nitrogens with zero attached hydrogens (tertiary/aromatic N) is 3. The van der Waals surface area contributed by atoms with Crippen LogP contribution in [-0.4, -0.2) is 9.97 Å². The minimum Gasteiger partial charge on any atom is -0.261 e. The van der Waals surface area contributed by atoms with Crippen molar-refractivity contribution < 1.29 is 0 Å². The molecule has 0 aliphatic heterocycles. The van der Waals surface area contributed by atoms with Crippen molar-refractivity contribution in [1.82, 2.24) is 9.97 Å². The van der Waals surface area contributed by atoms with E-state index >= 15 is 0 Å². The first-order chi connectivity index (χ1) is 4.83. The Hall–Kier alpha value is -1.34. The number of halogens is 1. The third-order valence-corrected chi connectivity index (χ3v) is 0.983. The highest BCUT2D eigenvalue weighted by molar-refractivity contribution is 6.30. The zero-order valence-electron chi connectivity index (χ0n) is 4.87. The SMILES string of the molecule is N#CNc1ncc(Cl)cn1. The van der Waals surface area contributed by atoms with Gasteiger partial charge in [0.2, 0.25) is 5.95 Å². The lowest BCUT2D eigenvalue weighted by Crippen LogP contribution is -1.93. The summed E-state index contributed by atoms with van der Waals surface area (Å²) >= 11 is 5.48. The molecule has 0 saturated heterocycles. The Kier molecular flexibility index (Phi) is 2.03. The van der Waals surface area contributed by atoms with Crippen molar-refractivity contribution >= 4 is 17.5 Å². The summed E-state index contributed by atoms with van der Waals surface area (Å²) < 4.78 is 0. The van der Waals surface area contributed by atoms with Crippen LogP contribution in [0, 0.1) is 11.5 Å². The van der Waals surface area contributed by atoms with Crippen LogP contribution in [0.25, 0.3) is 0 Å². The Bertz CT molecular complexity index is 249. The van der Waals surface area contributed by atoms with Crippen LogP contribution in [0.5, 0.6) is 0 Å². The summed E-state index contributed by atoms with van der Waals surface area (Å²) in [6.45, 7) is 0. The lowest BCUT2D eigenvalue weighted by molar-refractivity contribution is 1.17. The first-order valence-electron chi connectivity index (χ1n) is 2.45. The van der Waals surface area contributed by atoms with Gasteiger partial charge in [-0.15, -0.1) is 0 Å². The maximum absolute atomic E-state index is 8.11. The molecule has 0 unspecified atom stereocenters. The minimum atomic E-state index is 0.256. The Morgan fingerprint density at radius 1 is 1.50 bits per heavy atom. The van der Waals surface area contributed by atoms with Gasteiger partial charge in [0, 0.05) is 0 Å². The highest BCUT2D eigenvalue weighted by Crippen LogP contribution is 2.04. The van der Waals surface area contributed by atoms with Crippen LogP contribution in [0.1, 0.15) is 0 Å². The van der Waals surface area contributed by atoms with Gasteiger partial charge in [-0.05, 0) is 0 Å². The van der Waals surface area contributed by atoms with Gasteiger partial charge in [-0.3, -0.25) is 5.32 Å². The number of anilines is 1. The van der Waals surface area contributed by atoms with Gasteiger partial charge in [-0.2, -0.15) is 5.26 Å². The van der Waals surface area contributed by atoms with Gasteiger partial charge < -0.3 is 0 Å². The molecule has 4 nitrogen and oxygen atoms in total. The van der Waals surface area contributed by atoms with Crippen LogP contribution < -0.4 is 5.32 Å². The van der Waals surface area contributed by atoms with E-state index < -0.39 is 0 Å². The number of hydrogen-bond acceptors (Lipinski definition) is 4. The van der Waals surface area contributed by atoms with Gasteiger partial charge in [0.05, 0.1) is 17.4 Å². The van der Waals surface area contributed by atoms with E-state index in [1.165, 1.54) is 12.4 Å². The molecule has 0 radical (unpaired) electrons. The van der Waals surface area contributed by atoms with Crippen molar-refractivity contribution in [3.8, 4) is 6.19 Å². The second-order valence-corrected chi connectivity index (χ2v) is 1.90. The first-order valence-corrected chi connectivity index (χ1v) is 2.83. The molecule has 1 heterocycles. The average Bonchev–Trinajstić information content (AvgIpc) is 1.95. The van der Waals surface area contributed by atoms with Crippen molar-refractivity contribution in [3.05, 3.63) is 17.4 Å². The zero-order chi connectivity index (χ0) is 7.40. The van der Waals surface area contributed by atoms with Crippen LogP contribution >= 0.6 is 11.6 Å². The largest absolute Gasteiger partial charge is 0.261 e. The monoisotopic (exact) mass is 154 g/mol. The third kappa shape index (κ3) is 1.57. The number of hydrogen-bond donors (Lipinski definition) is 1. The molecule has 1 aromatic rings. The average molecular weight is 155 g/mol. The Balaban J connectivity index is 2.81. The van der Waals surface area contributed by atoms with Gasteiger partial charge in [-0.1, -0.05) is 11.6 Å². The molecule has 0 atom stereocenters. The summed E-state index contributed by atoms with van der Waals surface area (Å²) in [7, 11) is 0. The van der Waals surface area contributed by atoms with Gasteiger partial charge in [0.1, 0.15) is 0 Å². The number of nitrogens with one attached hydrogen (secondary N) is 1. The van der Waals surface area contributed by atoms with Crippen LogP contribution in [-0.2, 0) is 0 Å². The molecular formula is C5H3ClN4. The molecular weight excluding hydrogens is 152 g/mol. The van der Waals surface area contributed by atoms with Crippen molar-refractivity contribution in [2.24, 2.45) is 0 Å². The Labute approximate surface area is 62.5 Å². The standard InChI is InChI=1S/C5H3ClN4/c6-4-1-8-5(9-2-4)10-3-7/h1-2H,(H,8,9,10). The first kappa shape index (κ1) is 6.78. The maximum Gasteiger partial charge on any atom is 0.236 e. The fourth-order valence-electron chi connectivity index (χ4n) is 0.427. The predicted octanol–water partition coefficient (Wildman–Crippen LogP) is 1.02. The molecule has 0 spiro atoms. The van der Waals surface area contributed by atoms with Gasteiger partial charge in [0.15, 0.2) is 6.19 Å². The highest BCUT2D eigenvalue weighted by atomic mass is 35.5. The maximum atomic E-state index is 8.11. The Morgan fingerprint density at radius 3 is 2.60 bits per heavy atom. The lowest BCUT2D eigenvalue weighted by Gasteiger charge is -1.91. The van der Waals surface area contributed by atoms with E-state index in [0.717, 1.165) is 0 Å². The molecule has 1 aromatic heterocycles. The zero-order valence-corrected chi connectivity index (χ0v) is 5.63. The van der Waals surface area contributed by atoms with E-state index in [4.69, 9.17) is 16.9 Å². The van der Waals surface area contributed by atoms with E-state index in [0.29, 0.717) is 5.02 Å². The number of rotatable bonds is 1. The Morgan fingerprint density at radius 2 is 2.10 bits per heavy atom. The predicted molar refractivity (Wildman–Crippen MR) is 36.3 cm³/mol. The lowest BCUT2D eigenvalue weighted by atomic mass is 10.7. The van der Waals surface area contributed by atoms with Crippen LogP contribution in [0.2, 0.25) is 5.02 Å². The molecule has 50 valence electrons. The molecule has 0 amide bonds. The topological polar surface area (TPSA) is 61.6 Å². The summed E-state index contributed by atoms with van der Waals surface area (Å²) in [6, 6.07) is 0. The van der Waals surface area contributed by atoms with Crippen molar-refractivity contribution in [2.45, 2.75) is 0 Å². The highest BCUT2D eigenvalue weighted by Gasteiger charge is 1.91. The van der Waals surface area contributed by atoms with E-state index in [1.807, 2.05) is 0 Å². The van der Waals surface area contributed by atoms with E-state index in [2.05, 4.69) is 15.3 Å². The molecule has 0 bridgehead atoms. The van der Waals surface area contributed by atoms with E-state index in [-0.39, 0.29) is 5.95 Å². The van der Waals surface area contributed by atoms with Crippen LogP contribution in [0.3, 0.4) is 0 Å². The normalized spacial score (nSPS) is 8.40. The molecule has 0 aliphatic carbocycles. The van der Waals surface area contributed by atoms with E-state index in [9.17, 15) is 0 Å². The smallest absolute Gasteiger partial charge is 0.236 e. The fourth-order valence-corrected chi connectivity index (χ4v) is 0.524. The molecule has 10 heavy (non-hydrogen) atoms. The summed E-state index contributed by atoms with van der Waals surface area (Å²) in [4.78, 5) is 7.38. The summed E-state index contributed by atoms with van der Waals surface area (Å²) in [6.07, 6.45) is 4.51. The summed E-state index contributed by atoms with van der Waals surface area (Å²) in [5, 5.41) is 10.8. The van der Waals surface area contributed by atoms with Gasteiger partial charge >= 0.3 is 0 Å².